The predicted molar refractivity (Wildman–Crippen MR) is 248 cm³/mol. The molecule has 1 saturated carbocycles. The SMILES string of the molecule is COC(=O)C1(S(=O)(=O)N2CCC(c3ccc(Br)c(C)c3)CC2)CC(O)(S(=O)(=O)N2CCC(c3ccc(Br)c(C)c3)CC2)C(O)(S(=O)(=O)N2CCC(c3ccc(Br)c(C)c3)CC2)C1. The van der Waals surface area contributed by atoms with Crippen molar-refractivity contribution >= 4 is 83.8 Å². The van der Waals surface area contributed by atoms with Gasteiger partial charge in [-0.25, -0.2) is 29.6 Å². The van der Waals surface area contributed by atoms with E-state index in [0.29, 0.717) is 38.5 Å². The molecule has 4 fully saturated rings. The van der Waals surface area contributed by atoms with Crippen molar-refractivity contribution in [2.75, 3.05) is 46.4 Å². The number of methoxy groups -OCH3 is 1. The van der Waals surface area contributed by atoms with Crippen LogP contribution in [0.25, 0.3) is 0 Å². The minimum absolute atomic E-state index is 0.0333. The molecule has 340 valence electrons. The number of piperidine rings is 3. The highest BCUT2D eigenvalue weighted by Crippen LogP contribution is 2.57. The molecule has 3 aromatic rings. The summed E-state index contributed by atoms with van der Waals surface area (Å²) in [6, 6.07) is 17.6. The van der Waals surface area contributed by atoms with Crippen molar-refractivity contribution in [3.8, 4) is 0 Å². The number of hydrogen-bond acceptors (Lipinski definition) is 10. The van der Waals surface area contributed by atoms with Crippen LogP contribution in [-0.4, -0.2) is 115 Å². The van der Waals surface area contributed by atoms with E-state index in [2.05, 4.69) is 47.8 Å². The number of carbonyl (C=O) groups is 1. The Hall–Kier alpha value is -1.78. The van der Waals surface area contributed by atoms with E-state index >= 15 is 25.3 Å². The third-order valence-electron chi connectivity index (χ3n) is 13.9. The van der Waals surface area contributed by atoms with Gasteiger partial charge in [0.05, 0.1) is 7.11 Å². The van der Waals surface area contributed by atoms with Crippen molar-refractivity contribution in [1.29, 1.82) is 0 Å². The highest BCUT2D eigenvalue weighted by Gasteiger charge is 2.81. The van der Waals surface area contributed by atoms with Crippen LogP contribution in [0.4, 0.5) is 0 Å². The third kappa shape index (κ3) is 8.12. The second kappa shape index (κ2) is 17.8. The van der Waals surface area contributed by atoms with Crippen LogP contribution in [0.5, 0.6) is 0 Å². The zero-order chi connectivity index (χ0) is 45.2. The van der Waals surface area contributed by atoms with Crippen LogP contribution in [-0.2, 0) is 39.6 Å². The van der Waals surface area contributed by atoms with Gasteiger partial charge in [0.2, 0.25) is 39.9 Å². The van der Waals surface area contributed by atoms with Crippen molar-refractivity contribution in [2.45, 2.75) is 105 Å². The summed E-state index contributed by atoms with van der Waals surface area (Å²) in [5.74, 6) is -1.63. The lowest BCUT2D eigenvalue weighted by atomic mass is 9.89. The molecular formula is C43H54Br3N3O10S3. The van der Waals surface area contributed by atoms with Gasteiger partial charge in [0.15, 0.2) is 4.75 Å². The molecule has 3 saturated heterocycles. The molecule has 2 N–H and O–H groups in total. The van der Waals surface area contributed by atoms with Crippen molar-refractivity contribution in [1.82, 2.24) is 12.9 Å². The van der Waals surface area contributed by atoms with E-state index in [4.69, 9.17) is 4.74 Å². The Balaban J connectivity index is 1.24. The van der Waals surface area contributed by atoms with Crippen LogP contribution in [0.2, 0.25) is 0 Å². The molecule has 3 heterocycles. The van der Waals surface area contributed by atoms with Crippen LogP contribution in [0.15, 0.2) is 68.0 Å². The summed E-state index contributed by atoms with van der Waals surface area (Å²) in [4.78, 5) is 6.81. The Labute approximate surface area is 391 Å². The van der Waals surface area contributed by atoms with Crippen LogP contribution in [0.3, 0.4) is 0 Å². The average Bonchev–Trinajstić information content (AvgIpc) is 3.54. The molecule has 13 nitrogen and oxygen atoms in total. The molecule has 3 aromatic carbocycles. The summed E-state index contributed by atoms with van der Waals surface area (Å²) in [5.41, 5.74) is 5.98. The minimum atomic E-state index is -5.30. The van der Waals surface area contributed by atoms with E-state index < -0.39 is 63.5 Å². The van der Waals surface area contributed by atoms with Gasteiger partial charge < -0.3 is 14.9 Å². The molecule has 3 aliphatic heterocycles. The fourth-order valence-corrected chi connectivity index (χ4v) is 17.9. The van der Waals surface area contributed by atoms with Gasteiger partial charge >= 0.3 is 5.97 Å². The second-order valence-corrected chi connectivity index (χ2v) is 26.6. The first-order chi connectivity index (χ1) is 29.0. The van der Waals surface area contributed by atoms with Gasteiger partial charge in [-0.05, 0) is 129 Å². The molecular weight excluding hydrogens is 1050 g/mol. The Bertz CT molecular complexity index is 2440. The number of halogens is 3. The molecule has 2 unspecified atom stereocenters. The normalized spacial score (nSPS) is 27.1. The monoisotopic (exact) mass is 1110 g/mol. The second-order valence-electron chi connectivity index (χ2n) is 17.5. The Kier molecular flexibility index (Phi) is 13.8. The Morgan fingerprint density at radius 1 is 0.548 bits per heavy atom. The number of benzene rings is 3. The van der Waals surface area contributed by atoms with E-state index in [0.717, 1.165) is 66.8 Å². The van der Waals surface area contributed by atoms with Gasteiger partial charge in [0, 0.05) is 65.5 Å². The number of aryl methyl sites for hydroxylation is 3. The molecule has 4 aliphatic rings. The molecule has 0 aromatic heterocycles. The van der Waals surface area contributed by atoms with Gasteiger partial charge in [0.25, 0.3) is 0 Å². The molecule has 0 radical (unpaired) electrons. The number of sulfonamides is 3. The van der Waals surface area contributed by atoms with E-state index in [1.54, 1.807) is 0 Å². The van der Waals surface area contributed by atoms with Gasteiger partial charge in [-0.2, -0.15) is 8.61 Å². The number of ether oxygens (including phenoxy) is 1. The first kappa shape index (κ1) is 48.2. The summed E-state index contributed by atoms with van der Waals surface area (Å²) < 4.78 is 98.4. The fourth-order valence-electron chi connectivity index (χ4n) is 10.0. The third-order valence-corrected chi connectivity index (χ3v) is 24.0. The summed E-state index contributed by atoms with van der Waals surface area (Å²) in [6.07, 6.45) is -1.00. The van der Waals surface area contributed by atoms with Gasteiger partial charge in [0.1, 0.15) is 0 Å². The van der Waals surface area contributed by atoms with E-state index in [9.17, 15) is 15.0 Å². The van der Waals surface area contributed by atoms with Crippen molar-refractivity contribution in [3.05, 3.63) is 101 Å². The molecule has 0 spiro atoms. The summed E-state index contributed by atoms with van der Waals surface area (Å²) in [7, 11) is -14.7. The lowest BCUT2D eigenvalue weighted by molar-refractivity contribution is -0.144. The summed E-state index contributed by atoms with van der Waals surface area (Å²) >= 11 is 10.5. The van der Waals surface area contributed by atoms with Gasteiger partial charge in [-0.1, -0.05) is 84.2 Å². The predicted octanol–water partition coefficient (Wildman–Crippen LogP) is 6.91. The standard InChI is InChI=1S/C43H54Br3N3O10S3/c1-28-23-34(5-8-37(28)44)31-11-17-47(18-12-31)60(53,54)41(40(50)59-4)26-42(51,61(55,56)48-19-13-32(14-20-48)35-6-9-38(45)29(2)24-35)43(52,27-41)62(57,58)49-21-15-33(16-22-49)36-7-10-39(46)30(3)25-36/h5-10,23-25,31-33,51-52H,11-22,26-27H2,1-4H3. The zero-order valence-corrected chi connectivity index (χ0v) is 42.4. The number of hydrogen-bond donors (Lipinski definition) is 2. The lowest BCUT2D eigenvalue weighted by Gasteiger charge is -2.44. The maximum absolute atomic E-state index is 15.1. The number of aliphatic hydroxyl groups is 2. The highest BCUT2D eigenvalue weighted by atomic mass is 79.9. The molecule has 1 aliphatic carbocycles. The average molecular weight is 1110 g/mol. The van der Waals surface area contributed by atoms with Crippen LogP contribution in [0.1, 0.15) is 103 Å². The summed E-state index contributed by atoms with van der Waals surface area (Å²) in [6.45, 7) is 5.07. The van der Waals surface area contributed by atoms with Crippen molar-refractivity contribution < 1.29 is 45.0 Å². The summed E-state index contributed by atoms with van der Waals surface area (Å²) in [5, 5.41) is 25.8. The number of esters is 1. The Morgan fingerprint density at radius 3 is 1.08 bits per heavy atom. The number of carbonyl (C=O) groups excluding carboxylic acids is 1. The van der Waals surface area contributed by atoms with Crippen LogP contribution >= 0.6 is 47.8 Å². The smallest absolute Gasteiger partial charge is 0.328 e. The first-order valence-corrected chi connectivity index (χ1v) is 27.5. The van der Waals surface area contributed by atoms with Crippen LogP contribution in [0, 0.1) is 20.8 Å². The fraction of sp³-hybridized carbons (Fsp3) is 0.558. The van der Waals surface area contributed by atoms with Crippen molar-refractivity contribution in [3.63, 3.8) is 0 Å². The van der Waals surface area contributed by atoms with Crippen LogP contribution < -0.4 is 0 Å². The topological polar surface area (TPSA) is 179 Å². The van der Waals surface area contributed by atoms with Crippen molar-refractivity contribution in [2.24, 2.45) is 0 Å². The maximum atomic E-state index is 15.1. The Morgan fingerprint density at radius 2 is 0.823 bits per heavy atom. The zero-order valence-electron chi connectivity index (χ0n) is 35.2. The minimum Gasteiger partial charge on any atom is -0.468 e. The quantitative estimate of drug-likeness (QED) is 0.203. The molecule has 7 rings (SSSR count). The molecule has 2 atom stereocenters. The van der Waals surface area contributed by atoms with Gasteiger partial charge in [-0.15, -0.1) is 0 Å². The van der Waals surface area contributed by atoms with E-state index in [1.165, 1.54) is 0 Å². The highest BCUT2D eigenvalue weighted by molar-refractivity contribution is 9.11. The molecule has 62 heavy (non-hydrogen) atoms. The number of nitrogens with zero attached hydrogens (tertiary/aromatic N) is 3. The van der Waals surface area contributed by atoms with Gasteiger partial charge in [-0.3, -0.25) is 4.79 Å². The van der Waals surface area contributed by atoms with E-state index in [1.807, 2.05) is 75.4 Å². The maximum Gasteiger partial charge on any atom is 0.328 e. The molecule has 19 heteroatoms. The largest absolute Gasteiger partial charge is 0.468 e. The lowest BCUT2D eigenvalue weighted by Crippen LogP contribution is -2.66. The first-order valence-electron chi connectivity index (χ1n) is 20.8. The molecule has 0 bridgehead atoms. The van der Waals surface area contributed by atoms with E-state index in [-0.39, 0.29) is 57.0 Å². The molecule has 0 amide bonds. The number of rotatable bonds is 10.